The maximum atomic E-state index is 10.3. The van der Waals surface area contributed by atoms with Gasteiger partial charge in [-0.1, -0.05) is 5.16 Å². The molecule has 60 valence electrons. The van der Waals surface area contributed by atoms with E-state index in [-0.39, 0.29) is 12.3 Å². The van der Waals surface area contributed by atoms with Crippen molar-refractivity contribution in [1.29, 1.82) is 0 Å². The van der Waals surface area contributed by atoms with Crippen LogP contribution in [0.3, 0.4) is 0 Å². The van der Waals surface area contributed by atoms with Crippen LogP contribution in [0.15, 0.2) is 4.52 Å². The van der Waals surface area contributed by atoms with Gasteiger partial charge >= 0.3 is 0 Å². The lowest BCUT2D eigenvalue weighted by molar-refractivity contribution is -0.118. The maximum absolute atomic E-state index is 10.3. The third kappa shape index (κ3) is 2.37. The smallest absolute Gasteiger partial charge is 0.227 e. The first-order valence-electron chi connectivity index (χ1n) is 3.26. The van der Waals surface area contributed by atoms with Crippen molar-refractivity contribution in [2.75, 3.05) is 0 Å². The van der Waals surface area contributed by atoms with Gasteiger partial charge in [0.05, 0.1) is 0 Å². The lowest BCUT2D eigenvalue weighted by atomic mass is 10.3. The molecule has 0 saturated carbocycles. The Morgan fingerprint density at radius 2 is 2.45 bits per heavy atom. The van der Waals surface area contributed by atoms with Gasteiger partial charge in [0, 0.05) is 12.8 Å². The molecule has 0 aliphatic heterocycles. The van der Waals surface area contributed by atoms with Gasteiger partial charge in [-0.15, -0.1) is 0 Å². The number of nitrogens with zero attached hydrogens (tertiary/aromatic N) is 2. The summed E-state index contributed by atoms with van der Waals surface area (Å²) in [6.07, 6.45) is 0.678. The molecule has 1 aromatic rings. The quantitative estimate of drug-likeness (QED) is 0.655. The van der Waals surface area contributed by atoms with Crippen LogP contribution in [0.4, 0.5) is 0 Å². The van der Waals surface area contributed by atoms with Crippen LogP contribution in [0.1, 0.15) is 18.1 Å². The topological polar surface area (TPSA) is 82.0 Å². The zero-order chi connectivity index (χ0) is 8.27. The number of carbonyl (C=O) groups is 1. The first-order valence-corrected chi connectivity index (χ1v) is 3.26. The van der Waals surface area contributed by atoms with Gasteiger partial charge in [-0.25, -0.2) is 0 Å². The fourth-order valence-corrected chi connectivity index (χ4v) is 0.672. The number of hydrogen-bond acceptors (Lipinski definition) is 4. The van der Waals surface area contributed by atoms with E-state index in [0.29, 0.717) is 18.1 Å². The minimum absolute atomic E-state index is 0.252. The second-order valence-electron chi connectivity index (χ2n) is 2.20. The van der Waals surface area contributed by atoms with Crippen LogP contribution in [-0.2, 0) is 11.2 Å². The lowest BCUT2D eigenvalue weighted by Crippen LogP contribution is -2.11. The summed E-state index contributed by atoms with van der Waals surface area (Å²) in [7, 11) is 0. The molecule has 1 heterocycles. The van der Waals surface area contributed by atoms with Crippen LogP contribution in [0, 0.1) is 6.92 Å². The van der Waals surface area contributed by atoms with Crippen molar-refractivity contribution in [2.24, 2.45) is 5.73 Å². The van der Waals surface area contributed by atoms with E-state index in [1.165, 1.54) is 0 Å². The molecular weight excluding hydrogens is 146 g/mol. The van der Waals surface area contributed by atoms with Crippen LogP contribution in [0.2, 0.25) is 0 Å². The van der Waals surface area contributed by atoms with Gasteiger partial charge in [-0.2, -0.15) is 4.98 Å². The summed E-state index contributed by atoms with van der Waals surface area (Å²) >= 11 is 0. The number of hydrogen-bond donors (Lipinski definition) is 1. The Morgan fingerprint density at radius 1 is 1.73 bits per heavy atom. The number of amides is 1. The average molecular weight is 155 g/mol. The van der Waals surface area contributed by atoms with Gasteiger partial charge in [0.2, 0.25) is 11.8 Å². The molecule has 1 rings (SSSR count). The monoisotopic (exact) mass is 155 g/mol. The van der Waals surface area contributed by atoms with Gasteiger partial charge < -0.3 is 10.3 Å². The van der Waals surface area contributed by atoms with Crippen molar-refractivity contribution in [3.05, 3.63) is 11.7 Å². The van der Waals surface area contributed by atoms with E-state index in [9.17, 15) is 4.79 Å². The molecule has 11 heavy (non-hydrogen) atoms. The van der Waals surface area contributed by atoms with Crippen LogP contribution in [0.5, 0.6) is 0 Å². The Kier molecular flexibility index (Phi) is 2.20. The second kappa shape index (κ2) is 3.14. The molecule has 5 nitrogen and oxygen atoms in total. The molecule has 0 atom stereocenters. The molecule has 1 amide bonds. The van der Waals surface area contributed by atoms with E-state index < -0.39 is 0 Å². The van der Waals surface area contributed by atoms with E-state index in [1.807, 2.05) is 0 Å². The molecule has 5 heteroatoms. The molecule has 0 aliphatic carbocycles. The summed E-state index contributed by atoms with van der Waals surface area (Å²) in [5.41, 5.74) is 4.92. The van der Waals surface area contributed by atoms with Gasteiger partial charge in [-0.3, -0.25) is 4.79 Å². The Balaban J connectivity index is 2.45. The number of primary amides is 1. The first-order chi connectivity index (χ1) is 5.18. The Hall–Kier alpha value is -1.39. The fourth-order valence-electron chi connectivity index (χ4n) is 0.672. The minimum Gasteiger partial charge on any atom is -0.370 e. The van der Waals surface area contributed by atoms with Crippen molar-refractivity contribution in [3.63, 3.8) is 0 Å². The predicted molar refractivity (Wildman–Crippen MR) is 36.6 cm³/mol. The highest BCUT2D eigenvalue weighted by molar-refractivity contribution is 5.73. The Bertz CT molecular complexity index is 256. The first kappa shape index (κ1) is 7.71. The third-order valence-corrected chi connectivity index (χ3v) is 1.15. The Morgan fingerprint density at radius 3 is 2.91 bits per heavy atom. The normalized spacial score (nSPS) is 9.91. The highest BCUT2D eigenvalue weighted by Crippen LogP contribution is 1.98. The number of carbonyl (C=O) groups excluding carboxylic acids is 1. The van der Waals surface area contributed by atoms with Gasteiger partial charge in [0.1, 0.15) is 0 Å². The van der Waals surface area contributed by atoms with Crippen molar-refractivity contribution in [3.8, 4) is 0 Å². The molecule has 0 bridgehead atoms. The molecule has 0 radical (unpaired) electrons. The van der Waals surface area contributed by atoms with E-state index >= 15 is 0 Å². The molecule has 0 spiro atoms. The van der Waals surface area contributed by atoms with Crippen molar-refractivity contribution < 1.29 is 9.32 Å². The second-order valence-corrected chi connectivity index (χ2v) is 2.20. The maximum Gasteiger partial charge on any atom is 0.227 e. The van der Waals surface area contributed by atoms with E-state index in [2.05, 4.69) is 10.1 Å². The van der Waals surface area contributed by atoms with Crippen molar-refractivity contribution in [1.82, 2.24) is 10.1 Å². The highest BCUT2D eigenvalue weighted by atomic mass is 16.5. The number of aromatic nitrogens is 2. The summed E-state index contributed by atoms with van der Waals surface area (Å²) in [5, 5.41) is 3.56. The summed E-state index contributed by atoms with van der Waals surface area (Å²) in [5.74, 6) is 0.673. The van der Waals surface area contributed by atoms with Crippen LogP contribution in [-0.4, -0.2) is 16.0 Å². The zero-order valence-electron chi connectivity index (χ0n) is 6.20. The van der Waals surface area contributed by atoms with E-state index in [0.717, 1.165) is 0 Å². The molecule has 0 fully saturated rings. The molecule has 0 aliphatic rings. The van der Waals surface area contributed by atoms with Gasteiger partial charge in [-0.05, 0) is 6.92 Å². The van der Waals surface area contributed by atoms with Crippen LogP contribution < -0.4 is 5.73 Å². The van der Waals surface area contributed by atoms with Crippen LogP contribution >= 0.6 is 0 Å². The average Bonchev–Trinajstić information content (AvgIpc) is 2.31. The highest BCUT2D eigenvalue weighted by Gasteiger charge is 2.03. The van der Waals surface area contributed by atoms with Crippen molar-refractivity contribution in [2.45, 2.75) is 19.8 Å². The predicted octanol–water partition coefficient (Wildman–Crippen LogP) is -0.204. The van der Waals surface area contributed by atoms with Crippen LogP contribution in [0.25, 0.3) is 0 Å². The molecule has 0 unspecified atom stereocenters. The Labute approximate surface area is 63.6 Å². The van der Waals surface area contributed by atoms with Crippen molar-refractivity contribution >= 4 is 5.91 Å². The summed E-state index contributed by atoms with van der Waals surface area (Å²) in [6, 6.07) is 0. The summed E-state index contributed by atoms with van der Waals surface area (Å²) in [4.78, 5) is 14.2. The van der Waals surface area contributed by atoms with E-state index in [4.69, 9.17) is 10.3 Å². The molecule has 0 saturated heterocycles. The number of nitrogens with two attached hydrogens (primary N) is 1. The molecule has 1 aromatic heterocycles. The summed E-state index contributed by atoms with van der Waals surface area (Å²) < 4.78 is 4.75. The summed E-state index contributed by atoms with van der Waals surface area (Å²) in [6.45, 7) is 1.72. The SMILES string of the molecule is Cc1noc(CCC(N)=O)n1. The molecular formula is C6H9N3O2. The largest absolute Gasteiger partial charge is 0.370 e. The number of rotatable bonds is 3. The third-order valence-electron chi connectivity index (χ3n) is 1.15. The van der Waals surface area contributed by atoms with Gasteiger partial charge in [0.25, 0.3) is 0 Å². The fraction of sp³-hybridized carbons (Fsp3) is 0.500. The number of aryl methyl sites for hydroxylation is 2. The van der Waals surface area contributed by atoms with E-state index in [1.54, 1.807) is 6.92 Å². The standard InChI is InChI=1S/C6H9N3O2/c1-4-8-6(11-9-4)3-2-5(7)10/h2-3H2,1H3,(H2,7,10). The zero-order valence-corrected chi connectivity index (χ0v) is 6.20. The molecule has 0 aromatic carbocycles. The minimum atomic E-state index is -0.360. The lowest BCUT2D eigenvalue weighted by Gasteiger charge is -1.87. The molecule has 2 N–H and O–H groups in total. The van der Waals surface area contributed by atoms with Gasteiger partial charge in [0.15, 0.2) is 5.82 Å².